The highest BCUT2D eigenvalue weighted by Crippen LogP contribution is 2.25. The van der Waals surface area contributed by atoms with Crippen molar-refractivity contribution in [1.29, 1.82) is 0 Å². The number of nitrogens with zero attached hydrogens (tertiary/aromatic N) is 2. The van der Waals surface area contributed by atoms with Crippen LogP contribution in [0, 0.1) is 5.82 Å². The molecule has 0 radical (unpaired) electrons. The van der Waals surface area contributed by atoms with E-state index in [1.165, 1.54) is 40.7 Å². The summed E-state index contributed by atoms with van der Waals surface area (Å²) in [4.78, 5) is 16.3. The summed E-state index contributed by atoms with van der Waals surface area (Å²) < 4.78 is 42.8. The van der Waals surface area contributed by atoms with Gasteiger partial charge >= 0.3 is 6.03 Å². The van der Waals surface area contributed by atoms with E-state index in [1.807, 2.05) is 24.3 Å². The molecule has 1 aromatic heterocycles. The fourth-order valence-corrected chi connectivity index (χ4v) is 5.37. The molecule has 0 aliphatic rings. The first-order valence-corrected chi connectivity index (χ1v) is 13.6. The lowest BCUT2D eigenvalue weighted by Gasteiger charge is -2.23. The number of carbonyl (C=O) groups is 1. The minimum absolute atomic E-state index is 0.0569. The van der Waals surface area contributed by atoms with Gasteiger partial charge in [-0.15, -0.1) is 0 Å². The van der Waals surface area contributed by atoms with Gasteiger partial charge in [-0.05, 0) is 71.3 Å². The molecule has 0 saturated heterocycles. The van der Waals surface area contributed by atoms with Crippen LogP contribution in [0.2, 0.25) is 0 Å². The van der Waals surface area contributed by atoms with Gasteiger partial charge in [0.15, 0.2) is 0 Å². The summed E-state index contributed by atoms with van der Waals surface area (Å²) in [6.45, 7) is 0.494. The smallest absolute Gasteiger partial charge is 0.319 e. The minimum atomic E-state index is -3.93. The van der Waals surface area contributed by atoms with E-state index in [1.54, 1.807) is 36.7 Å². The van der Waals surface area contributed by atoms with Crippen LogP contribution < -0.4 is 10.6 Å². The van der Waals surface area contributed by atoms with Crippen molar-refractivity contribution in [3.05, 3.63) is 124 Å². The van der Waals surface area contributed by atoms with E-state index in [0.717, 1.165) is 15.6 Å². The van der Waals surface area contributed by atoms with Crippen LogP contribution in [0.3, 0.4) is 0 Å². The van der Waals surface area contributed by atoms with Crippen LogP contribution in [0.4, 0.5) is 14.9 Å². The summed E-state index contributed by atoms with van der Waals surface area (Å²) >= 11 is 3.48. The molecule has 0 aliphatic carbocycles. The Morgan fingerprint density at radius 2 is 1.54 bits per heavy atom. The van der Waals surface area contributed by atoms with Crippen molar-refractivity contribution in [2.24, 2.45) is 0 Å². The molecule has 0 spiro atoms. The molecule has 0 aliphatic heterocycles. The average Bonchev–Trinajstić information content (AvgIpc) is 2.90. The Kier molecular flexibility index (Phi) is 8.65. The Morgan fingerprint density at radius 1 is 0.865 bits per heavy atom. The van der Waals surface area contributed by atoms with E-state index in [2.05, 4.69) is 31.5 Å². The Balaban J connectivity index is 1.50. The summed E-state index contributed by atoms with van der Waals surface area (Å²) in [7, 11) is -3.93. The number of aromatic nitrogens is 1. The van der Waals surface area contributed by atoms with Crippen molar-refractivity contribution in [3.63, 3.8) is 0 Å². The summed E-state index contributed by atoms with van der Waals surface area (Å²) in [6, 6.07) is 22.3. The van der Waals surface area contributed by atoms with Crippen LogP contribution in [0.5, 0.6) is 0 Å². The zero-order chi connectivity index (χ0) is 26.3. The summed E-state index contributed by atoms with van der Waals surface area (Å²) in [5, 5.41) is 5.44. The van der Waals surface area contributed by atoms with Crippen LogP contribution >= 0.6 is 15.9 Å². The highest BCUT2D eigenvalue weighted by atomic mass is 79.9. The molecule has 7 nitrogen and oxygen atoms in total. The molecule has 190 valence electrons. The molecule has 0 saturated carbocycles. The van der Waals surface area contributed by atoms with Gasteiger partial charge in [-0.25, -0.2) is 17.6 Å². The number of halogens is 2. The molecule has 0 bridgehead atoms. The monoisotopic (exact) mass is 582 g/mol. The van der Waals surface area contributed by atoms with Crippen molar-refractivity contribution >= 4 is 37.7 Å². The van der Waals surface area contributed by atoms with E-state index < -0.39 is 21.9 Å². The van der Waals surface area contributed by atoms with E-state index in [0.29, 0.717) is 17.8 Å². The number of sulfonamides is 1. The third-order valence-electron chi connectivity index (χ3n) is 5.53. The predicted octanol–water partition coefficient (Wildman–Crippen LogP) is 5.70. The van der Waals surface area contributed by atoms with Gasteiger partial charge in [-0.3, -0.25) is 4.98 Å². The van der Waals surface area contributed by atoms with Gasteiger partial charge in [0.05, 0.1) is 4.90 Å². The summed E-state index contributed by atoms with van der Waals surface area (Å²) in [5.74, 6) is -0.392. The van der Waals surface area contributed by atoms with Gasteiger partial charge < -0.3 is 10.6 Å². The van der Waals surface area contributed by atoms with E-state index in [4.69, 9.17) is 0 Å². The topological polar surface area (TPSA) is 91.4 Å². The van der Waals surface area contributed by atoms with Crippen molar-refractivity contribution < 1.29 is 17.6 Å². The van der Waals surface area contributed by atoms with Crippen LogP contribution in [-0.2, 0) is 29.7 Å². The molecule has 0 unspecified atom stereocenters. The second-order valence-electron chi connectivity index (χ2n) is 8.18. The quantitative estimate of drug-likeness (QED) is 0.265. The summed E-state index contributed by atoms with van der Waals surface area (Å²) in [6.07, 6.45) is 3.29. The lowest BCUT2D eigenvalue weighted by Crippen LogP contribution is -2.30. The number of hydrogen-bond acceptors (Lipinski definition) is 4. The predicted molar refractivity (Wildman–Crippen MR) is 144 cm³/mol. The molecule has 4 rings (SSSR count). The average molecular weight is 583 g/mol. The molecule has 2 N–H and O–H groups in total. The van der Waals surface area contributed by atoms with Crippen molar-refractivity contribution in [2.45, 2.75) is 24.5 Å². The molecule has 37 heavy (non-hydrogen) atoms. The zero-order valence-corrected chi connectivity index (χ0v) is 22.0. The van der Waals surface area contributed by atoms with Crippen molar-refractivity contribution in [1.82, 2.24) is 14.6 Å². The Labute approximate surface area is 223 Å². The third-order valence-corrected chi connectivity index (χ3v) is 8.11. The molecule has 10 heteroatoms. The van der Waals surface area contributed by atoms with Crippen molar-refractivity contribution in [2.75, 3.05) is 5.32 Å². The first-order chi connectivity index (χ1) is 17.8. The lowest BCUT2D eigenvalue weighted by atomic mass is 10.2. The minimum Gasteiger partial charge on any atom is -0.334 e. The number of rotatable bonds is 9. The zero-order valence-electron chi connectivity index (χ0n) is 19.6. The number of hydrogen-bond donors (Lipinski definition) is 2. The molecule has 0 fully saturated rings. The number of anilines is 1. The first kappa shape index (κ1) is 26.5. The molecule has 0 atom stereocenters. The number of urea groups is 1. The lowest BCUT2D eigenvalue weighted by molar-refractivity contribution is 0.251. The maximum atomic E-state index is 13.6. The number of nitrogens with one attached hydrogen (secondary N) is 2. The normalized spacial score (nSPS) is 11.3. The molecule has 4 aromatic rings. The number of benzene rings is 3. The SMILES string of the molecule is O=C(NCc1ccncc1)Nc1ccc(S(=O)(=O)N(Cc2ccc(F)cc2)Cc2ccccc2Br)cc1. The maximum absolute atomic E-state index is 13.6. The second kappa shape index (κ2) is 12.1. The number of carbonyl (C=O) groups excluding carboxylic acids is 1. The van der Waals surface area contributed by atoms with E-state index in [-0.39, 0.29) is 18.0 Å². The highest BCUT2D eigenvalue weighted by molar-refractivity contribution is 9.10. The largest absolute Gasteiger partial charge is 0.334 e. The van der Waals surface area contributed by atoms with Crippen LogP contribution in [0.25, 0.3) is 0 Å². The van der Waals surface area contributed by atoms with Crippen LogP contribution in [-0.4, -0.2) is 23.7 Å². The second-order valence-corrected chi connectivity index (χ2v) is 11.0. The molecule has 2 amide bonds. The number of amides is 2. The molecular weight excluding hydrogens is 559 g/mol. The van der Waals surface area contributed by atoms with E-state index >= 15 is 0 Å². The molecular formula is C27H24BrFN4O3S. The Hall–Kier alpha value is -3.60. The maximum Gasteiger partial charge on any atom is 0.319 e. The van der Waals surface area contributed by atoms with Gasteiger partial charge in [0.25, 0.3) is 0 Å². The van der Waals surface area contributed by atoms with Gasteiger partial charge in [0, 0.05) is 42.2 Å². The summed E-state index contributed by atoms with van der Waals surface area (Å²) in [5.41, 5.74) is 2.79. The molecule has 3 aromatic carbocycles. The van der Waals surface area contributed by atoms with Crippen LogP contribution in [0.1, 0.15) is 16.7 Å². The Bertz CT molecular complexity index is 1450. The fourth-order valence-electron chi connectivity index (χ4n) is 3.55. The van der Waals surface area contributed by atoms with Gasteiger partial charge in [-0.1, -0.05) is 46.3 Å². The van der Waals surface area contributed by atoms with Gasteiger partial charge in [-0.2, -0.15) is 4.31 Å². The van der Waals surface area contributed by atoms with Crippen LogP contribution in [0.15, 0.2) is 107 Å². The Morgan fingerprint density at radius 3 is 2.22 bits per heavy atom. The van der Waals surface area contributed by atoms with Gasteiger partial charge in [0.1, 0.15) is 5.82 Å². The van der Waals surface area contributed by atoms with Gasteiger partial charge in [0.2, 0.25) is 10.0 Å². The highest BCUT2D eigenvalue weighted by Gasteiger charge is 2.26. The van der Waals surface area contributed by atoms with E-state index in [9.17, 15) is 17.6 Å². The fraction of sp³-hybridized carbons (Fsp3) is 0.111. The van der Waals surface area contributed by atoms with Crippen molar-refractivity contribution in [3.8, 4) is 0 Å². The third kappa shape index (κ3) is 7.22. The number of pyridine rings is 1. The first-order valence-electron chi connectivity index (χ1n) is 11.3. The molecule has 1 heterocycles. The standard InChI is InChI=1S/C27H24BrFN4O3S/c28-26-4-2-1-3-22(26)19-33(18-21-5-7-23(29)8-6-21)37(35,36)25-11-9-24(10-12-25)32-27(34)31-17-20-13-15-30-16-14-20/h1-16H,17-19H2,(H2,31,32,34).